The lowest BCUT2D eigenvalue weighted by Gasteiger charge is -2.35. The molecular formula is C18H24BrN3O. The SMILES string of the molecule is C=C/C=C(\NC)C(=C)c1nc(N2CCOCC2C)cc(Br)c1C. The molecule has 0 radical (unpaired) electrons. The van der Waals surface area contributed by atoms with Gasteiger partial charge in [-0.1, -0.05) is 35.2 Å². The van der Waals surface area contributed by atoms with Crippen molar-refractivity contribution >= 4 is 27.3 Å². The second kappa shape index (κ2) is 7.79. The first-order valence-electron chi connectivity index (χ1n) is 7.71. The number of hydrogen-bond acceptors (Lipinski definition) is 4. The molecule has 0 aliphatic carbocycles. The fourth-order valence-electron chi connectivity index (χ4n) is 2.65. The molecule has 1 N–H and O–H groups in total. The van der Waals surface area contributed by atoms with Gasteiger partial charge in [-0.25, -0.2) is 4.98 Å². The molecule has 1 fully saturated rings. The van der Waals surface area contributed by atoms with Gasteiger partial charge in [0.2, 0.25) is 0 Å². The van der Waals surface area contributed by atoms with E-state index in [9.17, 15) is 0 Å². The summed E-state index contributed by atoms with van der Waals surface area (Å²) in [6, 6.07) is 2.38. The molecule has 1 aliphatic rings. The maximum Gasteiger partial charge on any atom is 0.130 e. The van der Waals surface area contributed by atoms with Crippen molar-refractivity contribution in [2.75, 3.05) is 31.7 Å². The molecule has 1 unspecified atom stereocenters. The highest BCUT2D eigenvalue weighted by molar-refractivity contribution is 9.10. The van der Waals surface area contributed by atoms with Crippen molar-refractivity contribution in [3.8, 4) is 0 Å². The Labute approximate surface area is 147 Å². The molecule has 0 saturated carbocycles. The molecule has 1 saturated heterocycles. The summed E-state index contributed by atoms with van der Waals surface area (Å²) >= 11 is 3.66. The van der Waals surface area contributed by atoms with Crippen LogP contribution in [0.15, 0.2) is 41.5 Å². The van der Waals surface area contributed by atoms with E-state index >= 15 is 0 Å². The van der Waals surface area contributed by atoms with E-state index in [0.717, 1.165) is 52.6 Å². The van der Waals surface area contributed by atoms with E-state index < -0.39 is 0 Å². The van der Waals surface area contributed by atoms with Gasteiger partial charge in [-0.2, -0.15) is 0 Å². The van der Waals surface area contributed by atoms with E-state index in [1.165, 1.54) is 0 Å². The average molecular weight is 378 g/mol. The Morgan fingerprint density at radius 2 is 2.30 bits per heavy atom. The number of allylic oxidation sites excluding steroid dienone is 3. The van der Waals surface area contributed by atoms with Crippen molar-refractivity contribution < 1.29 is 4.74 Å². The van der Waals surface area contributed by atoms with Gasteiger partial charge in [0.15, 0.2) is 0 Å². The van der Waals surface area contributed by atoms with Crippen molar-refractivity contribution in [2.45, 2.75) is 19.9 Å². The Morgan fingerprint density at radius 1 is 1.57 bits per heavy atom. The molecule has 5 heteroatoms. The summed E-state index contributed by atoms with van der Waals surface area (Å²) in [6.45, 7) is 14.5. The lowest BCUT2D eigenvalue weighted by Crippen LogP contribution is -2.44. The van der Waals surface area contributed by atoms with Crippen molar-refractivity contribution in [2.24, 2.45) is 0 Å². The molecule has 4 nitrogen and oxygen atoms in total. The number of anilines is 1. The molecule has 1 aliphatic heterocycles. The third kappa shape index (κ3) is 3.85. The van der Waals surface area contributed by atoms with Crippen LogP contribution in [-0.2, 0) is 4.74 Å². The summed E-state index contributed by atoms with van der Waals surface area (Å²) in [7, 11) is 1.87. The smallest absolute Gasteiger partial charge is 0.130 e. The van der Waals surface area contributed by atoms with E-state index in [-0.39, 0.29) is 0 Å². The van der Waals surface area contributed by atoms with Crippen LogP contribution in [0, 0.1) is 6.92 Å². The molecule has 0 amide bonds. The van der Waals surface area contributed by atoms with E-state index in [1.54, 1.807) is 6.08 Å². The topological polar surface area (TPSA) is 37.4 Å². The molecule has 2 heterocycles. The van der Waals surface area contributed by atoms with Crippen LogP contribution in [-0.4, -0.2) is 37.8 Å². The number of ether oxygens (including phenoxy) is 1. The molecule has 1 aromatic heterocycles. The Kier molecular flexibility index (Phi) is 6.02. The molecule has 2 rings (SSSR count). The van der Waals surface area contributed by atoms with Crippen molar-refractivity contribution in [1.82, 2.24) is 10.3 Å². The maximum absolute atomic E-state index is 5.52. The van der Waals surface area contributed by atoms with Gasteiger partial charge >= 0.3 is 0 Å². The van der Waals surface area contributed by atoms with E-state index in [0.29, 0.717) is 6.04 Å². The van der Waals surface area contributed by atoms with Gasteiger partial charge in [-0.15, -0.1) is 0 Å². The van der Waals surface area contributed by atoms with Gasteiger partial charge in [0.25, 0.3) is 0 Å². The normalized spacial score (nSPS) is 18.7. The van der Waals surface area contributed by atoms with Crippen LogP contribution < -0.4 is 10.2 Å². The highest BCUT2D eigenvalue weighted by atomic mass is 79.9. The Balaban J connectivity index is 2.46. The van der Waals surface area contributed by atoms with Crippen LogP contribution >= 0.6 is 15.9 Å². The zero-order valence-electron chi connectivity index (χ0n) is 14.0. The van der Waals surface area contributed by atoms with Crippen LogP contribution in [0.3, 0.4) is 0 Å². The Hall–Kier alpha value is -1.59. The van der Waals surface area contributed by atoms with Gasteiger partial charge in [-0.3, -0.25) is 0 Å². The first kappa shape index (κ1) is 17.8. The number of likely N-dealkylation sites (N-methyl/N-ethyl adjacent to an activating group) is 1. The first-order valence-corrected chi connectivity index (χ1v) is 8.50. The fourth-order valence-corrected chi connectivity index (χ4v) is 3.05. The molecular weight excluding hydrogens is 354 g/mol. The largest absolute Gasteiger partial charge is 0.388 e. The van der Waals surface area contributed by atoms with Gasteiger partial charge in [0.05, 0.1) is 24.9 Å². The maximum atomic E-state index is 5.52. The molecule has 0 aromatic carbocycles. The van der Waals surface area contributed by atoms with Crippen LogP contribution in [0.25, 0.3) is 5.57 Å². The predicted octanol–water partition coefficient (Wildman–Crippen LogP) is 3.68. The minimum absolute atomic E-state index is 0.305. The summed E-state index contributed by atoms with van der Waals surface area (Å²) in [4.78, 5) is 7.16. The molecule has 1 aromatic rings. The molecule has 1 atom stereocenters. The van der Waals surface area contributed by atoms with Gasteiger partial charge < -0.3 is 15.0 Å². The number of halogens is 1. The lowest BCUT2D eigenvalue weighted by molar-refractivity contribution is 0.0985. The number of nitrogens with zero attached hydrogens (tertiary/aromatic N) is 2. The van der Waals surface area contributed by atoms with Crippen LogP contribution in [0.4, 0.5) is 5.82 Å². The standard InChI is InChI=1S/C18H24BrN3O/c1-6-7-16(20-5)14(4)18-13(3)15(19)10-17(21-18)22-8-9-23-11-12(22)2/h6-7,10,12,20H,1,4,8-9,11H2,2-3,5H3/b16-7-. The molecule has 0 spiro atoms. The summed E-state index contributed by atoms with van der Waals surface area (Å²) in [6.07, 6.45) is 3.65. The van der Waals surface area contributed by atoms with Gasteiger partial charge in [0.1, 0.15) is 5.82 Å². The highest BCUT2D eigenvalue weighted by Crippen LogP contribution is 2.31. The summed E-state index contributed by atoms with van der Waals surface area (Å²) in [5.74, 6) is 0.948. The van der Waals surface area contributed by atoms with Crippen LogP contribution in [0.1, 0.15) is 18.2 Å². The number of aromatic nitrogens is 1. The van der Waals surface area contributed by atoms with Gasteiger partial charge in [-0.05, 0) is 31.6 Å². The molecule has 0 bridgehead atoms. The highest BCUT2D eigenvalue weighted by Gasteiger charge is 2.22. The molecule has 124 valence electrons. The average Bonchev–Trinajstić information content (AvgIpc) is 2.55. The number of pyridine rings is 1. The third-order valence-corrected chi connectivity index (χ3v) is 4.85. The Morgan fingerprint density at radius 3 is 2.91 bits per heavy atom. The zero-order valence-corrected chi connectivity index (χ0v) is 15.6. The summed E-state index contributed by atoms with van der Waals surface area (Å²) in [5, 5.41) is 3.16. The zero-order chi connectivity index (χ0) is 17.0. The van der Waals surface area contributed by atoms with Crippen molar-refractivity contribution in [1.29, 1.82) is 0 Å². The summed E-state index contributed by atoms with van der Waals surface area (Å²) < 4.78 is 6.56. The monoisotopic (exact) mass is 377 g/mol. The summed E-state index contributed by atoms with van der Waals surface area (Å²) in [5.41, 5.74) is 3.73. The molecule has 23 heavy (non-hydrogen) atoms. The minimum atomic E-state index is 0.305. The number of morpholine rings is 1. The van der Waals surface area contributed by atoms with Crippen molar-refractivity contribution in [3.05, 3.63) is 52.8 Å². The predicted molar refractivity (Wildman–Crippen MR) is 101 cm³/mol. The second-order valence-corrected chi connectivity index (χ2v) is 6.45. The number of rotatable bonds is 5. The third-order valence-electron chi connectivity index (χ3n) is 4.02. The van der Waals surface area contributed by atoms with Gasteiger partial charge in [0, 0.05) is 29.3 Å². The fraction of sp³-hybridized carbons (Fsp3) is 0.389. The van der Waals surface area contributed by atoms with E-state index in [2.05, 4.69) is 52.3 Å². The van der Waals surface area contributed by atoms with E-state index in [4.69, 9.17) is 9.72 Å². The quantitative estimate of drug-likeness (QED) is 0.794. The minimum Gasteiger partial charge on any atom is -0.388 e. The Bertz CT molecular complexity index is 639. The van der Waals surface area contributed by atoms with Crippen LogP contribution in [0.2, 0.25) is 0 Å². The second-order valence-electron chi connectivity index (χ2n) is 5.60. The lowest BCUT2D eigenvalue weighted by atomic mass is 10.0. The number of nitrogens with one attached hydrogen (secondary N) is 1. The van der Waals surface area contributed by atoms with Crippen molar-refractivity contribution in [3.63, 3.8) is 0 Å². The van der Waals surface area contributed by atoms with Crippen LogP contribution in [0.5, 0.6) is 0 Å². The first-order chi connectivity index (χ1) is 11.0. The van der Waals surface area contributed by atoms with E-state index in [1.807, 2.05) is 20.0 Å². The number of hydrogen-bond donors (Lipinski definition) is 1.